The third-order valence-electron chi connectivity index (χ3n) is 3.87. The first-order valence-corrected chi connectivity index (χ1v) is 9.04. The minimum Gasteiger partial charge on any atom is -0.340 e. The number of carbonyl (C=O) groups excluding carboxylic acids is 1. The average Bonchev–Trinajstić information content (AvgIpc) is 3.01. The molecule has 3 rings (SSSR count). The summed E-state index contributed by atoms with van der Waals surface area (Å²) in [6.07, 6.45) is 1.68. The van der Waals surface area contributed by atoms with Crippen molar-refractivity contribution in [3.63, 3.8) is 0 Å². The van der Waals surface area contributed by atoms with Gasteiger partial charge < -0.3 is 9.42 Å². The summed E-state index contributed by atoms with van der Waals surface area (Å²) in [6.45, 7) is 7.52. The lowest BCUT2D eigenvalue weighted by Gasteiger charge is -2.34. The Hall–Kier alpha value is -1.93. The molecule has 0 saturated carbocycles. The lowest BCUT2D eigenvalue weighted by molar-refractivity contribution is 0.0624. The molecule has 1 aliphatic heterocycles. The molecule has 0 aromatic carbocycles. The van der Waals surface area contributed by atoms with Crippen molar-refractivity contribution in [2.45, 2.75) is 25.4 Å². The van der Waals surface area contributed by atoms with Crippen molar-refractivity contribution in [2.24, 2.45) is 0 Å². The molecule has 3 heterocycles. The second kappa shape index (κ2) is 7.76. The molecule has 0 N–H and O–H groups in total. The number of carbonyl (C=O) groups is 1. The van der Waals surface area contributed by atoms with Crippen molar-refractivity contribution in [3.05, 3.63) is 35.6 Å². The molecule has 0 bridgehead atoms. The molecular formula is C16H21N5O2S. The third-order valence-corrected chi connectivity index (χ3v) is 4.70. The minimum absolute atomic E-state index is 0.0469. The number of hydrogen-bond donors (Lipinski definition) is 0. The van der Waals surface area contributed by atoms with E-state index in [2.05, 4.69) is 26.9 Å². The summed E-state index contributed by atoms with van der Waals surface area (Å²) in [5.41, 5.74) is 0.651. The standard InChI is InChI=1S/C16H21N5O2S/c1-3-24-15-5-4-13(10-17-15)16(22)21-8-6-20(7-9-21)11-14-18-12(2)23-19-14/h4-5,10H,3,6-9,11H2,1-2H3. The van der Waals surface area contributed by atoms with Gasteiger partial charge in [-0.1, -0.05) is 12.1 Å². The third kappa shape index (κ3) is 4.12. The van der Waals surface area contributed by atoms with Gasteiger partial charge in [0.15, 0.2) is 5.82 Å². The monoisotopic (exact) mass is 347 g/mol. The number of aryl methyl sites for hydroxylation is 1. The van der Waals surface area contributed by atoms with E-state index in [0.717, 1.165) is 23.9 Å². The molecular weight excluding hydrogens is 326 g/mol. The highest BCUT2D eigenvalue weighted by molar-refractivity contribution is 7.99. The molecule has 2 aromatic rings. The quantitative estimate of drug-likeness (QED) is 0.764. The van der Waals surface area contributed by atoms with Crippen LogP contribution in [0.5, 0.6) is 0 Å². The fraction of sp³-hybridized carbons (Fsp3) is 0.500. The molecule has 0 unspecified atom stereocenters. The molecule has 0 spiro atoms. The van der Waals surface area contributed by atoms with Crippen LogP contribution in [0.4, 0.5) is 0 Å². The van der Waals surface area contributed by atoms with Crippen LogP contribution in [-0.2, 0) is 6.54 Å². The van der Waals surface area contributed by atoms with Gasteiger partial charge in [-0.25, -0.2) is 4.98 Å². The Morgan fingerprint density at radius 3 is 2.67 bits per heavy atom. The van der Waals surface area contributed by atoms with Crippen molar-refractivity contribution >= 4 is 17.7 Å². The summed E-state index contributed by atoms with van der Waals surface area (Å²) in [6, 6.07) is 3.78. The van der Waals surface area contributed by atoms with Crippen LogP contribution in [0, 0.1) is 6.92 Å². The second-order valence-electron chi connectivity index (χ2n) is 5.62. The van der Waals surface area contributed by atoms with E-state index in [1.165, 1.54) is 0 Å². The molecule has 7 nitrogen and oxygen atoms in total. The van der Waals surface area contributed by atoms with Gasteiger partial charge in [-0.2, -0.15) is 4.98 Å². The van der Waals surface area contributed by atoms with E-state index in [9.17, 15) is 4.79 Å². The highest BCUT2D eigenvalue weighted by Gasteiger charge is 2.23. The molecule has 1 amide bonds. The summed E-state index contributed by atoms with van der Waals surface area (Å²) in [5, 5.41) is 4.87. The van der Waals surface area contributed by atoms with E-state index in [-0.39, 0.29) is 5.91 Å². The molecule has 1 aliphatic rings. The maximum absolute atomic E-state index is 12.6. The van der Waals surface area contributed by atoms with Crippen molar-refractivity contribution in [1.82, 2.24) is 24.9 Å². The van der Waals surface area contributed by atoms with Gasteiger partial charge in [0.05, 0.1) is 17.1 Å². The van der Waals surface area contributed by atoms with Crippen molar-refractivity contribution in [2.75, 3.05) is 31.9 Å². The van der Waals surface area contributed by atoms with E-state index in [1.807, 2.05) is 17.0 Å². The molecule has 2 aromatic heterocycles. The normalized spacial score (nSPS) is 15.7. The van der Waals surface area contributed by atoms with E-state index in [0.29, 0.717) is 36.9 Å². The summed E-state index contributed by atoms with van der Waals surface area (Å²) >= 11 is 1.67. The molecule has 1 saturated heterocycles. The Morgan fingerprint density at radius 1 is 1.29 bits per heavy atom. The average molecular weight is 347 g/mol. The van der Waals surface area contributed by atoms with E-state index >= 15 is 0 Å². The number of piperazine rings is 1. The van der Waals surface area contributed by atoms with Gasteiger partial charge in [0, 0.05) is 39.3 Å². The van der Waals surface area contributed by atoms with Crippen LogP contribution < -0.4 is 0 Å². The summed E-state index contributed by atoms with van der Waals surface area (Å²) in [7, 11) is 0. The van der Waals surface area contributed by atoms with Crippen LogP contribution in [-0.4, -0.2) is 62.8 Å². The first kappa shape index (κ1) is 16.9. The highest BCUT2D eigenvalue weighted by Crippen LogP contribution is 2.16. The predicted molar refractivity (Wildman–Crippen MR) is 90.9 cm³/mol. The highest BCUT2D eigenvalue weighted by atomic mass is 32.2. The lowest BCUT2D eigenvalue weighted by Crippen LogP contribution is -2.48. The predicted octanol–water partition coefficient (Wildman–Crippen LogP) is 1.84. The molecule has 0 aliphatic carbocycles. The Kier molecular flexibility index (Phi) is 5.47. The fourth-order valence-corrected chi connectivity index (χ4v) is 3.22. The zero-order valence-electron chi connectivity index (χ0n) is 13.9. The number of nitrogens with zero attached hydrogens (tertiary/aromatic N) is 5. The molecule has 8 heteroatoms. The van der Waals surface area contributed by atoms with Gasteiger partial charge in [-0.3, -0.25) is 9.69 Å². The number of rotatable bonds is 5. The SMILES string of the molecule is CCSc1ccc(C(=O)N2CCN(Cc3noc(C)n3)CC2)cn1. The van der Waals surface area contributed by atoms with Crippen LogP contribution in [0.2, 0.25) is 0 Å². The first-order chi connectivity index (χ1) is 11.7. The zero-order chi connectivity index (χ0) is 16.9. The number of pyridine rings is 1. The van der Waals surface area contributed by atoms with Crippen molar-refractivity contribution < 1.29 is 9.32 Å². The number of aromatic nitrogens is 3. The van der Waals surface area contributed by atoms with E-state index in [1.54, 1.807) is 24.9 Å². The van der Waals surface area contributed by atoms with Crippen LogP contribution >= 0.6 is 11.8 Å². The van der Waals surface area contributed by atoms with E-state index in [4.69, 9.17) is 4.52 Å². The first-order valence-electron chi connectivity index (χ1n) is 8.05. The molecule has 24 heavy (non-hydrogen) atoms. The summed E-state index contributed by atoms with van der Waals surface area (Å²) in [5.74, 6) is 2.30. The smallest absolute Gasteiger partial charge is 0.255 e. The Labute approximate surface area is 145 Å². The van der Waals surface area contributed by atoms with Crippen molar-refractivity contribution in [1.29, 1.82) is 0 Å². The molecule has 0 radical (unpaired) electrons. The van der Waals surface area contributed by atoms with Crippen LogP contribution in [0.15, 0.2) is 27.9 Å². The van der Waals surface area contributed by atoms with Gasteiger partial charge in [0.1, 0.15) is 0 Å². The topological polar surface area (TPSA) is 75.4 Å². The number of amides is 1. The van der Waals surface area contributed by atoms with Crippen LogP contribution in [0.3, 0.4) is 0 Å². The molecule has 128 valence electrons. The van der Waals surface area contributed by atoms with Gasteiger partial charge in [0.25, 0.3) is 5.91 Å². The van der Waals surface area contributed by atoms with E-state index < -0.39 is 0 Å². The largest absolute Gasteiger partial charge is 0.340 e. The van der Waals surface area contributed by atoms with Gasteiger partial charge >= 0.3 is 0 Å². The Morgan fingerprint density at radius 2 is 2.08 bits per heavy atom. The molecule has 1 fully saturated rings. The van der Waals surface area contributed by atoms with Crippen molar-refractivity contribution in [3.8, 4) is 0 Å². The molecule has 0 atom stereocenters. The van der Waals surface area contributed by atoms with Gasteiger partial charge in [-0.05, 0) is 17.9 Å². The Bertz CT molecular complexity index is 680. The Balaban J connectivity index is 1.52. The van der Waals surface area contributed by atoms with Crippen LogP contribution in [0.1, 0.15) is 29.0 Å². The van der Waals surface area contributed by atoms with Gasteiger partial charge in [0.2, 0.25) is 5.89 Å². The van der Waals surface area contributed by atoms with Crippen LogP contribution in [0.25, 0.3) is 0 Å². The number of thioether (sulfide) groups is 1. The minimum atomic E-state index is 0.0469. The maximum atomic E-state index is 12.6. The fourth-order valence-electron chi connectivity index (χ4n) is 2.64. The lowest BCUT2D eigenvalue weighted by atomic mass is 10.2. The van der Waals surface area contributed by atoms with Gasteiger partial charge in [-0.15, -0.1) is 11.8 Å². The number of hydrogen-bond acceptors (Lipinski definition) is 7. The second-order valence-corrected chi connectivity index (χ2v) is 6.90. The zero-order valence-corrected chi connectivity index (χ0v) is 14.8. The summed E-state index contributed by atoms with van der Waals surface area (Å²) in [4.78, 5) is 25.2. The summed E-state index contributed by atoms with van der Waals surface area (Å²) < 4.78 is 4.99. The maximum Gasteiger partial charge on any atom is 0.255 e.